The Morgan fingerprint density at radius 1 is 1.25 bits per heavy atom. The lowest BCUT2D eigenvalue weighted by Gasteiger charge is -2.13. The Bertz CT molecular complexity index is 656. The second-order valence-corrected chi connectivity index (χ2v) is 4.96. The van der Waals surface area contributed by atoms with Gasteiger partial charge >= 0.3 is 0 Å². The molecule has 2 aromatic rings. The molecule has 0 saturated heterocycles. The van der Waals surface area contributed by atoms with Crippen molar-refractivity contribution in [3.8, 4) is 5.75 Å². The predicted octanol–water partition coefficient (Wildman–Crippen LogP) is 3.08. The summed E-state index contributed by atoms with van der Waals surface area (Å²) >= 11 is 5.06. The highest BCUT2D eigenvalue weighted by atomic mass is 32.1. The van der Waals surface area contributed by atoms with Gasteiger partial charge in [-0.1, -0.05) is 12.2 Å². The van der Waals surface area contributed by atoms with Crippen LogP contribution in [0.2, 0.25) is 0 Å². The highest BCUT2D eigenvalue weighted by Gasteiger charge is 2.09. The van der Waals surface area contributed by atoms with Crippen LogP contribution in [-0.2, 0) is 0 Å². The van der Waals surface area contributed by atoms with E-state index in [-0.39, 0.29) is 0 Å². The van der Waals surface area contributed by atoms with Crippen molar-refractivity contribution < 1.29 is 4.74 Å². The quantitative estimate of drug-likeness (QED) is 0.846. The van der Waals surface area contributed by atoms with Crippen molar-refractivity contribution in [1.82, 2.24) is 4.98 Å². The average Bonchev–Trinajstić information content (AvgIpc) is 2.40. The van der Waals surface area contributed by atoms with Crippen molar-refractivity contribution in [1.29, 1.82) is 0 Å². The van der Waals surface area contributed by atoms with Gasteiger partial charge in [0.05, 0.1) is 12.7 Å². The number of anilines is 2. The zero-order valence-electron chi connectivity index (χ0n) is 11.7. The van der Waals surface area contributed by atoms with E-state index in [1.807, 2.05) is 44.2 Å². The van der Waals surface area contributed by atoms with Gasteiger partial charge in [-0.3, -0.25) is 0 Å². The Morgan fingerprint density at radius 2 is 2.00 bits per heavy atom. The van der Waals surface area contributed by atoms with E-state index >= 15 is 0 Å². The first-order chi connectivity index (χ1) is 9.51. The molecule has 0 fully saturated rings. The smallest absolute Gasteiger partial charge is 0.140 e. The molecule has 0 aliphatic heterocycles. The van der Waals surface area contributed by atoms with Gasteiger partial charge in [0.1, 0.15) is 16.6 Å². The summed E-state index contributed by atoms with van der Waals surface area (Å²) < 4.78 is 5.20. The number of ether oxygens (including phenoxy) is 1. The van der Waals surface area contributed by atoms with E-state index in [0.29, 0.717) is 10.8 Å². The molecule has 0 bridgehead atoms. The van der Waals surface area contributed by atoms with E-state index in [0.717, 1.165) is 28.3 Å². The number of nitrogens with zero attached hydrogens (tertiary/aromatic N) is 1. The summed E-state index contributed by atoms with van der Waals surface area (Å²) in [5.74, 6) is 1.49. The maximum atomic E-state index is 5.73. The molecular weight excluding hydrogens is 270 g/mol. The van der Waals surface area contributed by atoms with Crippen LogP contribution >= 0.6 is 12.2 Å². The van der Waals surface area contributed by atoms with E-state index in [2.05, 4.69) is 10.3 Å². The fraction of sp³-hybridized carbons (Fsp3) is 0.200. The summed E-state index contributed by atoms with van der Waals surface area (Å²) in [6.07, 6.45) is 0. The molecule has 2 rings (SSSR count). The number of benzene rings is 1. The highest BCUT2D eigenvalue weighted by Crippen LogP contribution is 2.25. The fourth-order valence-corrected chi connectivity index (χ4v) is 2.05. The summed E-state index contributed by atoms with van der Waals surface area (Å²) in [6, 6.07) is 9.57. The Kier molecular flexibility index (Phi) is 4.20. The van der Waals surface area contributed by atoms with Gasteiger partial charge in [-0.05, 0) is 49.7 Å². The average molecular weight is 287 g/mol. The monoisotopic (exact) mass is 287 g/mol. The summed E-state index contributed by atoms with van der Waals surface area (Å²) in [5, 5.41) is 3.28. The van der Waals surface area contributed by atoms with Crippen molar-refractivity contribution in [2.24, 2.45) is 5.73 Å². The topological polar surface area (TPSA) is 60.2 Å². The maximum Gasteiger partial charge on any atom is 0.140 e. The maximum absolute atomic E-state index is 5.73. The molecule has 0 atom stereocenters. The van der Waals surface area contributed by atoms with Gasteiger partial charge in [-0.25, -0.2) is 4.98 Å². The third kappa shape index (κ3) is 3.05. The molecule has 1 aromatic heterocycles. The van der Waals surface area contributed by atoms with E-state index in [1.165, 1.54) is 0 Å². The third-order valence-corrected chi connectivity index (χ3v) is 3.21. The van der Waals surface area contributed by atoms with Crippen LogP contribution in [0.5, 0.6) is 5.75 Å². The largest absolute Gasteiger partial charge is 0.497 e. The third-order valence-electron chi connectivity index (χ3n) is 2.99. The Balaban J connectivity index is 2.39. The molecule has 0 unspecified atom stereocenters. The van der Waals surface area contributed by atoms with Gasteiger partial charge in [0.15, 0.2) is 0 Å². The van der Waals surface area contributed by atoms with E-state index in [1.54, 1.807) is 7.11 Å². The molecule has 3 N–H and O–H groups in total. The summed E-state index contributed by atoms with van der Waals surface area (Å²) in [6.45, 7) is 3.93. The van der Waals surface area contributed by atoms with Gasteiger partial charge < -0.3 is 15.8 Å². The van der Waals surface area contributed by atoms with E-state index < -0.39 is 0 Å². The number of thiocarbonyl (C=S) groups is 1. The van der Waals surface area contributed by atoms with Crippen molar-refractivity contribution >= 4 is 28.7 Å². The van der Waals surface area contributed by atoms with E-state index in [9.17, 15) is 0 Å². The predicted molar refractivity (Wildman–Crippen MR) is 85.9 cm³/mol. The number of aryl methyl sites for hydroxylation is 2. The van der Waals surface area contributed by atoms with Crippen molar-refractivity contribution in [3.63, 3.8) is 0 Å². The molecule has 4 nitrogen and oxygen atoms in total. The minimum absolute atomic E-state index is 0.325. The molecule has 104 valence electrons. The molecular formula is C15H17N3OS. The molecule has 1 heterocycles. The number of pyridine rings is 1. The van der Waals surface area contributed by atoms with Crippen LogP contribution in [0, 0.1) is 13.8 Å². The fourth-order valence-electron chi connectivity index (χ4n) is 1.88. The second kappa shape index (κ2) is 5.88. The van der Waals surface area contributed by atoms with Crippen molar-refractivity contribution in [3.05, 3.63) is 47.2 Å². The Hall–Kier alpha value is -2.14. The first kappa shape index (κ1) is 14.3. The molecule has 1 aromatic carbocycles. The number of nitrogens with two attached hydrogens (primary N) is 1. The minimum atomic E-state index is 0.325. The SMILES string of the molecule is COc1ccc(Nc2nc(C)ccc2C(N)=S)c(C)c1. The van der Waals surface area contributed by atoms with E-state index in [4.69, 9.17) is 22.7 Å². The first-order valence-corrected chi connectivity index (χ1v) is 6.61. The number of aromatic nitrogens is 1. The number of hydrogen-bond donors (Lipinski definition) is 2. The number of methoxy groups -OCH3 is 1. The van der Waals surface area contributed by atoms with Crippen LogP contribution < -0.4 is 15.8 Å². The van der Waals surface area contributed by atoms with Crippen LogP contribution in [0.4, 0.5) is 11.5 Å². The van der Waals surface area contributed by atoms with Gasteiger partial charge in [0.25, 0.3) is 0 Å². The molecule has 0 radical (unpaired) electrons. The van der Waals surface area contributed by atoms with Gasteiger partial charge in [-0.15, -0.1) is 0 Å². The normalized spacial score (nSPS) is 10.2. The van der Waals surface area contributed by atoms with Crippen molar-refractivity contribution in [2.75, 3.05) is 12.4 Å². The molecule has 0 saturated carbocycles. The lowest BCUT2D eigenvalue weighted by Crippen LogP contribution is -2.13. The van der Waals surface area contributed by atoms with Crippen LogP contribution in [0.3, 0.4) is 0 Å². The molecule has 20 heavy (non-hydrogen) atoms. The van der Waals surface area contributed by atoms with Gasteiger partial charge in [-0.2, -0.15) is 0 Å². The van der Waals surface area contributed by atoms with Crippen LogP contribution in [0.25, 0.3) is 0 Å². The minimum Gasteiger partial charge on any atom is -0.497 e. The number of hydrogen-bond acceptors (Lipinski definition) is 4. The summed E-state index contributed by atoms with van der Waals surface area (Å²) in [5.41, 5.74) is 9.37. The van der Waals surface area contributed by atoms with Crippen LogP contribution in [-0.4, -0.2) is 17.1 Å². The second-order valence-electron chi connectivity index (χ2n) is 4.52. The van der Waals surface area contributed by atoms with Gasteiger partial charge in [0.2, 0.25) is 0 Å². The standard InChI is InChI=1S/C15H17N3OS/c1-9-8-11(19-3)5-7-13(9)18-15-12(14(16)20)6-4-10(2)17-15/h4-8H,1-3H3,(H2,16,20)(H,17,18). The summed E-state index contributed by atoms with van der Waals surface area (Å²) in [4.78, 5) is 4.79. The number of nitrogens with one attached hydrogen (secondary N) is 1. The number of rotatable bonds is 4. The Morgan fingerprint density at radius 3 is 2.60 bits per heavy atom. The molecule has 0 amide bonds. The lowest BCUT2D eigenvalue weighted by molar-refractivity contribution is 0.414. The van der Waals surface area contributed by atoms with Gasteiger partial charge in [0, 0.05) is 11.4 Å². The zero-order chi connectivity index (χ0) is 14.7. The molecule has 0 spiro atoms. The van der Waals surface area contributed by atoms with Crippen LogP contribution in [0.15, 0.2) is 30.3 Å². The highest BCUT2D eigenvalue weighted by molar-refractivity contribution is 7.80. The summed E-state index contributed by atoms with van der Waals surface area (Å²) in [7, 11) is 1.65. The van der Waals surface area contributed by atoms with Crippen LogP contribution in [0.1, 0.15) is 16.8 Å². The lowest BCUT2D eigenvalue weighted by atomic mass is 10.1. The first-order valence-electron chi connectivity index (χ1n) is 6.20. The molecule has 0 aliphatic carbocycles. The van der Waals surface area contributed by atoms with Crippen molar-refractivity contribution in [2.45, 2.75) is 13.8 Å². The molecule has 0 aliphatic rings. The zero-order valence-corrected chi connectivity index (χ0v) is 12.5. The Labute approximate surface area is 124 Å². The molecule has 5 heteroatoms.